The van der Waals surface area contributed by atoms with Gasteiger partial charge in [0, 0.05) is 31.6 Å². The first-order valence-electron chi connectivity index (χ1n) is 10.0. The van der Waals surface area contributed by atoms with Crippen LogP contribution >= 0.6 is 0 Å². The molecule has 1 atom stereocenters. The predicted molar refractivity (Wildman–Crippen MR) is 108 cm³/mol. The zero-order valence-corrected chi connectivity index (χ0v) is 17.4. The van der Waals surface area contributed by atoms with Gasteiger partial charge in [-0.3, -0.25) is 19.3 Å². The summed E-state index contributed by atoms with van der Waals surface area (Å²) in [5, 5.41) is 0. The molecule has 0 bridgehead atoms. The van der Waals surface area contributed by atoms with E-state index in [1.165, 1.54) is 6.07 Å². The zero-order valence-electron chi connectivity index (χ0n) is 16.6. The van der Waals surface area contributed by atoms with E-state index in [1.54, 1.807) is 30.0 Å². The molecular formula is C20H27N3O5S. The molecular weight excluding hydrogens is 394 g/mol. The van der Waals surface area contributed by atoms with E-state index in [4.69, 9.17) is 4.74 Å². The van der Waals surface area contributed by atoms with Crippen LogP contribution in [0.1, 0.15) is 51.0 Å². The van der Waals surface area contributed by atoms with Crippen LogP contribution in [0.4, 0.5) is 0 Å². The van der Waals surface area contributed by atoms with Crippen LogP contribution in [0.5, 0.6) is 0 Å². The van der Waals surface area contributed by atoms with Crippen LogP contribution in [0.3, 0.4) is 0 Å². The van der Waals surface area contributed by atoms with Gasteiger partial charge in [0.2, 0.25) is 0 Å². The monoisotopic (exact) mass is 421 g/mol. The highest BCUT2D eigenvalue weighted by atomic mass is 32.2. The number of esters is 1. The number of fused-ring (bicyclic) bond motifs is 1. The number of carbonyl (C=O) groups is 2. The molecule has 1 aromatic carbocycles. The van der Waals surface area contributed by atoms with E-state index >= 15 is 0 Å². The van der Waals surface area contributed by atoms with Gasteiger partial charge >= 0.3 is 5.97 Å². The number of carbonyl (C=O) groups excluding carboxylic acids is 2. The maximum absolute atomic E-state index is 12.4. The minimum absolute atomic E-state index is 0.114. The number of nitrogens with zero attached hydrogens (tertiary/aromatic N) is 2. The first-order valence-corrected chi connectivity index (χ1v) is 11.5. The van der Waals surface area contributed by atoms with E-state index in [9.17, 15) is 18.0 Å². The summed E-state index contributed by atoms with van der Waals surface area (Å²) in [6.45, 7) is 3.32. The number of nitrogens with one attached hydrogen (secondary N) is 1. The lowest BCUT2D eigenvalue weighted by molar-refractivity contribution is -0.159. The number of sulfonamides is 1. The fourth-order valence-corrected chi connectivity index (χ4v) is 4.77. The standard InChI is InChI=1S/C20H27N3O5S/c1-15(20(25)23-13-6-2-3-7-14-23)28-18(24)11-8-12-21-19-16-9-4-5-10-17(16)29(26,27)22-19/h4-5,9-10,15H,2-3,6-8,11-14H2,1H3,(H,21,22)/t15-/m1/s1. The molecule has 0 saturated carbocycles. The van der Waals surface area contributed by atoms with Crippen molar-refractivity contribution in [3.8, 4) is 0 Å². The van der Waals surface area contributed by atoms with E-state index in [-0.39, 0.29) is 23.8 Å². The molecule has 2 heterocycles. The van der Waals surface area contributed by atoms with Gasteiger partial charge in [0.05, 0.1) is 4.90 Å². The molecule has 0 aliphatic carbocycles. The van der Waals surface area contributed by atoms with Crippen LogP contribution in [0.25, 0.3) is 0 Å². The average molecular weight is 422 g/mol. The summed E-state index contributed by atoms with van der Waals surface area (Å²) >= 11 is 0. The van der Waals surface area contributed by atoms with Gasteiger partial charge in [0.25, 0.3) is 15.9 Å². The van der Waals surface area contributed by atoms with Crippen LogP contribution in [-0.4, -0.2) is 56.8 Å². The van der Waals surface area contributed by atoms with E-state index in [2.05, 4.69) is 9.71 Å². The summed E-state index contributed by atoms with van der Waals surface area (Å²) in [7, 11) is -3.56. The molecule has 2 aliphatic heterocycles. The Hall–Kier alpha value is -2.42. The fourth-order valence-electron chi connectivity index (χ4n) is 3.52. The Kier molecular flexibility index (Phi) is 6.89. The molecule has 0 spiro atoms. The lowest BCUT2D eigenvalue weighted by atomic mass is 10.2. The topological polar surface area (TPSA) is 105 Å². The summed E-state index contributed by atoms with van der Waals surface area (Å²) in [4.78, 5) is 30.7. The molecule has 0 radical (unpaired) electrons. The third-order valence-electron chi connectivity index (χ3n) is 5.05. The zero-order chi connectivity index (χ0) is 20.9. The summed E-state index contributed by atoms with van der Waals surface area (Å²) in [6.07, 6.45) is 3.95. The number of hydrogen-bond acceptors (Lipinski definition) is 6. The van der Waals surface area contributed by atoms with Gasteiger partial charge in [0.1, 0.15) is 5.84 Å². The second-order valence-electron chi connectivity index (χ2n) is 7.31. The van der Waals surface area contributed by atoms with Gasteiger partial charge in [-0.15, -0.1) is 0 Å². The minimum Gasteiger partial charge on any atom is -0.453 e. The molecule has 8 nitrogen and oxygen atoms in total. The molecule has 1 fully saturated rings. The molecule has 1 aromatic rings. The Balaban J connectivity index is 1.45. The van der Waals surface area contributed by atoms with Crippen molar-refractivity contribution in [2.45, 2.75) is 56.4 Å². The van der Waals surface area contributed by atoms with Crippen LogP contribution in [-0.2, 0) is 24.3 Å². The van der Waals surface area contributed by atoms with E-state index in [0.717, 1.165) is 38.8 Å². The summed E-state index contributed by atoms with van der Waals surface area (Å²) < 4.78 is 31.8. The van der Waals surface area contributed by atoms with Gasteiger partial charge < -0.3 is 9.64 Å². The lowest BCUT2D eigenvalue weighted by Gasteiger charge is -2.23. The second kappa shape index (κ2) is 9.39. The summed E-state index contributed by atoms with van der Waals surface area (Å²) in [6, 6.07) is 6.62. The Morgan fingerprint density at radius 2 is 1.86 bits per heavy atom. The molecule has 2 aliphatic rings. The molecule has 0 unspecified atom stereocenters. The maximum Gasteiger partial charge on any atom is 0.306 e. The summed E-state index contributed by atoms with van der Waals surface area (Å²) in [5.41, 5.74) is 0.534. The van der Waals surface area contributed by atoms with Gasteiger partial charge in [-0.2, -0.15) is 0 Å². The number of amidine groups is 1. The Morgan fingerprint density at radius 3 is 2.59 bits per heavy atom. The van der Waals surface area contributed by atoms with Crippen LogP contribution in [0.2, 0.25) is 0 Å². The molecule has 1 N–H and O–H groups in total. The molecule has 3 rings (SSSR count). The first-order chi connectivity index (χ1) is 13.9. The number of likely N-dealkylation sites (tertiary alicyclic amines) is 1. The van der Waals surface area contributed by atoms with E-state index in [1.807, 2.05) is 0 Å². The lowest BCUT2D eigenvalue weighted by Crippen LogP contribution is -2.40. The van der Waals surface area contributed by atoms with E-state index in [0.29, 0.717) is 17.8 Å². The summed E-state index contributed by atoms with van der Waals surface area (Å²) in [5.74, 6) is -0.301. The Labute approximate surface area is 171 Å². The van der Waals surface area contributed by atoms with Crippen LogP contribution < -0.4 is 4.72 Å². The number of rotatable bonds is 6. The largest absolute Gasteiger partial charge is 0.453 e. The molecule has 29 heavy (non-hydrogen) atoms. The second-order valence-corrected chi connectivity index (χ2v) is 8.96. The van der Waals surface area contributed by atoms with Crippen LogP contribution in [0, 0.1) is 0 Å². The van der Waals surface area contributed by atoms with Crippen molar-refractivity contribution < 1.29 is 22.7 Å². The molecule has 1 saturated heterocycles. The highest BCUT2D eigenvalue weighted by Crippen LogP contribution is 2.22. The number of amides is 1. The van der Waals surface area contributed by atoms with Crippen molar-refractivity contribution in [3.63, 3.8) is 0 Å². The van der Waals surface area contributed by atoms with Crippen molar-refractivity contribution in [2.75, 3.05) is 19.6 Å². The average Bonchev–Trinajstić information content (AvgIpc) is 2.87. The van der Waals surface area contributed by atoms with Gasteiger partial charge in [0.15, 0.2) is 6.10 Å². The fraction of sp³-hybridized carbons (Fsp3) is 0.550. The van der Waals surface area contributed by atoms with Crippen molar-refractivity contribution in [3.05, 3.63) is 29.8 Å². The molecule has 158 valence electrons. The maximum atomic E-state index is 12.4. The van der Waals surface area contributed by atoms with Crippen LogP contribution in [0.15, 0.2) is 34.2 Å². The third kappa shape index (κ3) is 5.35. The van der Waals surface area contributed by atoms with Crippen molar-refractivity contribution in [2.24, 2.45) is 4.99 Å². The van der Waals surface area contributed by atoms with Gasteiger partial charge in [-0.25, -0.2) is 8.42 Å². The number of aliphatic imine (C=N–C) groups is 1. The predicted octanol–water partition coefficient (Wildman–Crippen LogP) is 1.84. The third-order valence-corrected chi connectivity index (χ3v) is 6.44. The quantitative estimate of drug-likeness (QED) is 0.557. The van der Waals surface area contributed by atoms with Gasteiger partial charge in [-0.05, 0) is 38.3 Å². The molecule has 1 amide bonds. The normalized spacial score (nSPS) is 20.4. The van der Waals surface area contributed by atoms with Crippen molar-refractivity contribution >= 4 is 27.7 Å². The van der Waals surface area contributed by atoms with Crippen molar-refractivity contribution in [1.29, 1.82) is 0 Å². The number of hydrogen-bond donors (Lipinski definition) is 1. The number of ether oxygens (including phenoxy) is 1. The smallest absolute Gasteiger partial charge is 0.306 e. The Bertz CT molecular complexity index is 889. The van der Waals surface area contributed by atoms with E-state index < -0.39 is 22.1 Å². The molecule has 0 aromatic heterocycles. The Morgan fingerprint density at radius 1 is 1.17 bits per heavy atom. The minimum atomic E-state index is -3.56. The van der Waals surface area contributed by atoms with Crippen molar-refractivity contribution in [1.82, 2.24) is 9.62 Å². The highest BCUT2D eigenvalue weighted by Gasteiger charge is 2.30. The first kappa shape index (κ1) is 21.3. The SMILES string of the molecule is C[C@@H](OC(=O)CCCN=C1NS(=O)(=O)c2ccccc21)C(=O)N1CCCCCC1. The van der Waals surface area contributed by atoms with Gasteiger partial charge in [-0.1, -0.05) is 25.0 Å². The molecule has 9 heteroatoms. The highest BCUT2D eigenvalue weighted by molar-refractivity contribution is 7.90. The number of benzene rings is 1.